The third-order valence-electron chi connectivity index (χ3n) is 2.99. The van der Waals surface area contributed by atoms with E-state index in [1.807, 2.05) is 18.2 Å². The molecule has 5 heteroatoms. The number of nitrogens with one attached hydrogen (secondary N) is 1. The summed E-state index contributed by atoms with van der Waals surface area (Å²) in [6, 6.07) is 11.0. The highest BCUT2D eigenvalue weighted by molar-refractivity contribution is 5.94. The summed E-state index contributed by atoms with van der Waals surface area (Å²) in [5.41, 5.74) is 2.59. The van der Waals surface area contributed by atoms with Crippen molar-refractivity contribution >= 4 is 5.91 Å². The van der Waals surface area contributed by atoms with E-state index in [-0.39, 0.29) is 5.91 Å². The maximum atomic E-state index is 12.1. The smallest absolute Gasteiger partial charge is 0.251 e. The first-order valence-electron chi connectivity index (χ1n) is 6.58. The molecule has 1 amide bonds. The van der Waals surface area contributed by atoms with E-state index in [1.165, 1.54) is 0 Å². The Hall–Kier alpha value is -2.40. The number of methoxy groups -OCH3 is 2. The molecule has 0 saturated carbocycles. The van der Waals surface area contributed by atoms with Crippen LogP contribution < -0.4 is 10.1 Å². The van der Waals surface area contributed by atoms with Crippen molar-refractivity contribution < 1.29 is 14.3 Å². The molecule has 1 heterocycles. The Morgan fingerprint density at radius 1 is 1.14 bits per heavy atom. The van der Waals surface area contributed by atoms with Crippen LogP contribution in [-0.2, 0) is 17.9 Å². The van der Waals surface area contributed by atoms with Gasteiger partial charge in [0.05, 0.1) is 13.7 Å². The summed E-state index contributed by atoms with van der Waals surface area (Å²) in [6.07, 6.45) is 1.65. The van der Waals surface area contributed by atoms with Gasteiger partial charge in [-0.1, -0.05) is 12.1 Å². The van der Waals surface area contributed by atoms with Crippen molar-refractivity contribution in [1.29, 1.82) is 0 Å². The summed E-state index contributed by atoms with van der Waals surface area (Å²) in [5, 5.41) is 2.86. The molecule has 0 bridgehead atoms. The molecule has 0 spiro atoms. The molecular weight excluding hydrogens is 268 g/mol. The fourth-order valence-corrected chi connectivity index (χ4v) is 1.88. The van der Waals surface area contributed by atoms with Gasteiger partial charge in [-0.2, -0.15) is 0 Å². The monoisotopic (exact) mass is 286 g/mol. The van der Waals surface area contributed by atoms with Crippen molar-refractivity contribution in [3.05, 3.63) is 59.3 Å². The normalized spacial score (nSPS) is 10.2. The van der Waals surface area contributed by atoms with Crippen LogP contribution in [0.4, 0.5) is 0 Å². The maximum absolute atomic E-state index is 12.1. The molecule has 1 aromatic heterocycles. The Balaban J connectivity index is 1.94. The summed E-state index contributed by atoms with van der Waals surface area (Å²) in [7, 11) is 3.20. The molecule has 2 rings (SSSR count). The lowest BCUT2D eigenvalue weighted by molar-refractivity contribution is 0.0950. The molecule has 0 aliphatic carbocycles. The summed E-state index contributed by atoms with van der Waals surface area (Å²) >= 11 is 0. The minimum atomic E-state index is -0.116. The molecule has 1 aromatic carbocycles. The average molecular weight is 286 g/mol. The van der Waals surface area contributed by atoms with E-state index in [1.54, 1.807) is 38.6 Å². The van der Waals surface area contributed by atoms with Crippen molar-refractivity contribution in [2.45, 2.75) is 13.2 Å². The first-order chi connectivity index (χ1) is 10.2. The van der Waals surface area contributed by atoms with Gasteiger partial charge >= 0.3 is 0 Å². The molecule has 0 saturated heterocycles. The molecule has 21 heavy (non-hydrogen) atoms. The lowest BCUT2D eigenvalue weighted by atomic mass is 10.1. The van der Waals surface area contributed by atoms with Gasteiger partial charge in [-0.15, -0.1) is 0 Å². The summed E-state index contributed by atoms with van der Waals surface area (Å²) in [6.45, 7) is 0.968. The molecule has 110 valence electrons. The number of nitrogens with zero attached hydrogens (tertiary/aromatic N) is 1. The number of amides is 1. The molecule has 0 aliphatic heterocycles. The number of carbonyl (C=O) groups is 1. The van der Waals surface area contributed by atoms with Crippen LogP contribution in [0.2, 0.25) is 0 Å². The molecule has 2 aromatic rings. The van der Waals surface area contributed by atoms with Crippen molar-refractivity contribution in [2.75, 3.05) is 14.2 Å². The van der Waals surface area contributed by atoms with Gasteiger partial charge in [0.1, 0.15) is 0 Å². The number of hydrogen-bond donors (Lipinski definition) is 1. The number of ether oxygens (including phenoxy) is 2. The van der Waals surface area contributed by atoms with Crippen molar-refractivity contribution in [3.8, 4) is 5.88 Å². The number of rotatable bonds is 6. The Kier molecular flexibility index (Phi) is 5.29. The van der Waals surface area contributed by atoms with Gasteiger partial charge in [0, 0.05) is 31.5 Å². The lowest BCUT2D eigenvalue weighted by Crippen LogP contribution is -2.22. The Labute approximate surface area is 123 Å². The minimum absolute atomic E-state index is 0.116. The summed E-state index contributed by atoms with van der Waals surface area (Å²) in [5.74, 6) is 0.417. The van der Waals surface area contributed by atoms with Gasteiger partial charge in [-0.3, -0.25) is 4.79 Å². The lowest BCUT2D eigenvalue weighted by Gasteiger charge is -2.07. The molecule has 0 unspecified atom stereocenters. The summed E-state index contributed by atoms with van der Waals surface area (Å²) < 4.78 is 10.1. The van der Waals surface area contributed by atoms with Crippen LogP contribution in [0.3, 0.4) is 0 Å². The maximum Gasteiger partial charge on any atom is 0.251 e. The number of hydrogen-bond acceptors (Lipinski definition) is 4. The van der Waals surface area contributed by atoms with Gasteiger partial charge in [0.25, 0.3) is 5.91 Å². The SMILES string of the molecule is COCc1ccc(C(=O)NCc2ccnc(OC)c2)cc1. The van der Waals surface area contributed by atoms with Crippen LogP contribution in [0.1, 0.15) is 21.5 Å². The highest BCUT2D eigenvalue weighted by atomic mass is 16.5. The zero-order chi connectivity index (χ0) is 15.1. The van der Waals surface area contributed by atoms with Crippen LogP contribution in [0.5, 0.6) is 5.88 Å². The van der Waals surface area contributed by atoms with Gasteiger partial charge < -0.3 is 14.8 Å². The fraction of sp³-hybridized carbons (Fsp3) is 0.250. The van der Waals surface area contributed by atoms with Crippen LogP contribution in [-0.4, -0.2) is 25.1 Å². The predicted octanol–water partition coefficient (Wildman–Crippen LogP) is 2.17. The van der Waals surface area contributed by atoms with Crippen LogP contribution in [0, 0.1) is 0 Å². The fourth-order valence-electron chi connectivity index (χ4n) is 1.88. The minimum Gasteiger partial charge on any atom is -0.481 e. The van der Waals surface area contributed by atoms with Crippen molar-refractivity contribution in [1.82, 2.24) is 10.3 Å². The van der Waals surface area contributed by atoms with E-state index < -0.39 is 0 Å². The summed E-state index contributed by atoms with van der Waals surface area (Å²) in [4.78, 5) is 16.1. The number of aromatic nitrogens is 1. The highest BCUT2D eigenvalue weighted by Gasteiger charge is 2.05. The predicted molar refractivity (Wildman–Crippen MR) is 79.1 cm³/mol. The van der Waals surface area contributed by atoms with E-state index in [4.69, 9.17) is 9.47 Å². The first-order valence-corrected chi connectivity index (χ1v) is 6.58. The first kappa shape index (κ1) is 15.0. The zero-order valence-electron chi connectivity index (χ0n) is 12.1. The molecular formula is C16H18N2O3. The van der Waals surface area contributed by atoms with E-state index in [0.29, 0.717) is 24.6 Å². The molecule has 0 radical (unpaired) electrons. The number of carbonyl (C=O) groups excluding carboxylic acids is 1. The highest BCUT2D eigenvalue weighted by Crippen LogP contribution is 2.09. The number of benzene rings is 1. The largest absolute Gasteiger partial charge is 0.481 e. The van der Waals surface area contributed by atoms with Gasteiger partial charge in [-0.05, 0) is 29.3 Å². The third kappa shape index (κ3) is 4.29. The van der Waals surface area contributed by atoms with E-state index in [0.717, 1.165) is 11.1 Å². The standard InChI is InChI=1S/C16H18N2O3/c1-20-11-12-3-5-14(6-4-12)16(19)18-10-13-7-8-17-15(9-13)21-2/h3-9H,10-11H2,1-2H3,(H,18,19). The van der Waals surface area contributed by atoms with Gasteiger partial charge in [0.2, 0.25) is 5.88 Å². The molecule has 1 N–H and O–H groups in total. The molecule has 0 aliphatic rings. The zero-order valence-corrected chi connectivity index (χ0v) is 12.1. The van der Waals surface area contributed by atoms with E-state index >= 15 is 0 Å². The Bertz CT molecular complexity index is 597. The van der Waals surface area contributed by atoms with E-state index in [9.17, 15) is 4.79 Å². The second-order valence-electron chi connectivity index (χ2n) is 4.52. The Morgan fingerprint density at radius 3 is 2.57 bits per heavy atom. The number of pyridine rings is 1. The topological polar surface area (TPSA) is 60.5 Å². The third-order valence-corrected chi connectivity index (χ3v) is 2.99. The van der Waals surface area contributed by atoms with Crippen LogP contribution in [0.25, 0.3) is 0 Å². The van der Waals surface area contributed by atoms with Gasteiger partial charge in [-0.25, -0.2) is 4.98 Å². The van der Waals surface area contributed by atoms with Gasteiger partial charge in [0.15, 0.2) is 0 Å². The van der Waals surface area contributed by atoms with Crippen LogP contribution >= 0.6 is 0 Å². The van der Waals surface area contributed by atoms with Crippen LogP contribution in [0.15, 0.2) is 42.6 Å². The average Bonchev–Trinajstić information content (AvgIpc) is 2.54. The molecule has 5 nitrogen and oxygen atoms in total. The van der Waals surface area contributed by atoms with E-state index in [2.05, 4.69) is 10.3 Å². The quantitative estimate of drug-likeness (QED) is 0.884. The van der Waals surface area contributed by atoms with Crippen molar-refractivity contribution in [3.63, 3.8) is 0 Å². The van der Waals surface area contributed by atoms with Crippen molar-refractivity contribution in [2.24, 2.45) is 0 Å². The second-order valence-corrected chi connectivity index (χ2v) is 4.52. The Morgan fingerprint density at radius 2 is 1.90 bits per heavy atom. The second kappa shape index (κ2) is 7.40. The molecule has 0 atom stereocenters. The molecule has 0 fully saturated rings.